The van der Waals surface area contributed by atoms with Gasteiger partial charge in [-0.3, -0.25) is 4.79 Å². The Morgan fingerprint density at radius 3 is 2.76 bits per heavy atom. The van der Waals surface area contributed by atoms with Crippen molar-refractivity contribution in [1.29, 1.82) is 0 Å². The highest BCUT2D eigenvalue weighted by Gasteiger charge is 2.48. The van der Waals surface area contributed by atoms with Gasteiger partial charge in [0.15, 0.2) is 5.76 Å². The number of rotatable bonds is 6. The normalized spacial score (nSPS) is 26.5. The average Bonchev–Trinajstić information content (AvgIpc) is 3.02. The average molecular weight is 349 g/mol. The van der Waals surface area contributed by atoms with Crippen LogP contribution in [-0.4, -0.2) is 48.2 Å². The van der Waals surface area contributed by atoms with Crippen molar-refractivity contribution in [3.8, 4) is 0 Å². The van der Waals surface area contributed by atoms with Crippen LogP contribution in [0.1, 0.15) is 51.5 Å². The lowest BCUT2D eigenvalue weighted by Crippen LogP contribution is -2.61. The molecule has 0 aromatic carbocycles. The van der Waals surface area contributed by atoms with Gasteiger partial charge in [0.1, 0.15) is 6.61 Å². The van der Waals surface area contributed by atoms with Crippen LogP contribution in [0.25, 0.3) is 0 Å². The van der Waals surface area contributed by atoms with E-state index in [0.717, 1.165) is 43.8 Å². The van der Waals surface area contributed by atoms with E-state index in [1.54, 1.807) is 14.0 Å². The summed E-state index contributed by atoms with van der Waals surface area (Å²) in [5, 5.41) is 8.02. The van der Waals surface area contributed by atoms with E-state index in [9.17, 15) is 4.79 Å². The van der Waals surface area contributed by atoms with E-state index in [-0.39, 0.29) is 11.3 Å². The minimum absolute atomic E-state index is 0.197. The number of methoxy groups -OCH3 is 1. The smallest absolute Gasteiger partial charge is 0.219 e. The van der Waals surface area contributed by atoms with Crippen molar-refractivity contribution in [3.63, 3.8) is 0 Å². The molecule has 1 aromatic heterocycles. The minimum Gasteiger partial charge on any atom is -0.377 e. The van der Waals surface area contributed by atoms with E-state index in [2.05, 4.69) is 24.3 Å². The van der Waals surface area contributed by atoms with Crippen LogP contribution in [0.4, 0.5) is 0 Å². The van der Waals surface area contributed by atoms with E-state index >= 15 is 0 Å². The molecule has 1 aromatic rings. The van der Waals surface area contributed by atoms with Crippen molar-refractivity contribution < 1.29 is 14.1 Å². The van der Waals surface area contributed by atoms with Gasteiger partial charge in [-0.2, -0.15) is 0 Å². The van der Waals surface area contributed by atoms with Crippen molar-refractivity contribution in [2.45, 2.75) is 65.1 Å². The molecule has 25 heavy (non-hydrogen) atoms. The zero-order valence-electron chi connectivity index (χ0n) is 15.9. The van der Waals surface area contributed by atoms with E-state index in [1.807, 2.05) is 11.0 Å². The van der Waals surface area contributed by atoms with Crippen LogP contribution in [0.15, 0.2) is 10.6 Å². The van der Waals surface area contributed by atoms with Crippen LogP contribution in [0.2, 0.25) is 0 Å². The number of hydrogen-bond acceptors (Lipinski definition) is 5. The summed E-state index contributed by atoms with van der Waals surface area (Å²) in [5.74, 6) is 1.60. The zero-order valence-corrected chi connectivity index (χ0v) is 15.9. The molecule has 2 aliphatic rings. The molecule has 2 atom stereocenters. The SMILES string of the molecule is COCc1cc(CC2CC(NC3CCN(C(C)=O)CC3)C2(C)C)no1. The van der Waals surface area contributed by atoms with Crippen molar-refractivity contribution in [2.75, 3.05) is 20.2 Å². The molecule has 2 fully saturated rings. The van der Waals surface area contributed by atoms with Crippen LogP contribution in [-0.2, 0) is 22.6 Å². The second-order valence-corrected chi connectivity index (χ2v) is 8.18. The second kappa shape index (κ2) is 7.46. The fourth-order valence-corrected chi connectivity index (χ4v) is 4.21. The van der Waals surface area contributed by atoms with Gasteiger partial charge in [-0.15, -0.1) is 0 Å². The Balaban J connectivity index is 1.47. The Bertz CT molecular complexity index is 590. The lowest BCUT2D eigenvalue weighted by Gasteiger charge is -2.54. The molecule has 1 aliphatic carbocycles. The quantitative estimate of drug-likeness (QED) is 0.854. The Kier molecular flexibility index (Phi) is 5.49. The fraction of sp³-hybridized carbons (Fsp3) is 0.789. The molecule has 1 N–H and O–H groups in total. The van der Waals surface area contributed by atoms with Crippen LogP contribution in [0, 0.1) is 11.3 Å². The molecule has 0 bridgehead atoms. The van der Waals surface area contributed by atoms with E-state index in [1.165, 1.54) is 6.42 Å². The van der Waals surface area contributed by atoms with E-state index in [4.69, 9.17) is 9.26 Å². The highest BCUT2D eigenvalue weighted by Crippen LogP contribution is 2.48. The van der Waals surface area contributed by atoms with Crippen LogP contribution in [0.5, 0.6) is 0 Å². The Labute approximate surface area is 150 Å². The molecule has 0 radical (unpaired) electrons. The fourth-order valence-electron chi connectivity index (χ4n) is 4.21. The Morgan fingerprint density at radius 1 is 1.44 bits per heavy atom. The number of ether oxygens (including phenoxy) is 1. The first-order chi connectivity index (χ1) is 11.9. The summed E-state index contributed by atoms with van der Waals surface area (Å²) in [4.78, 5) is 13.4. The summed E-state index contributed by atoms with van der Waals surface area (Å²) in [6, 6.07) is 3.08. The number of aromatic nitrogens is 1. The molecule has 1 amide bonds. The van der Waals surface area contributed by atoms with Crippen molar-refractivity contribution in [1.82, 2.24) is 15.4 Å². The van der Waals surface area contributed by atoms with E-state index in [0.29, 0.717) is 24.6 Å². The lowest BCUT2D eigenvalue weighted by atomic mass is 9.57. The molecule has 3 rings (SSSR count). The first kappa shape index (κ1) is 18.4. The lowest BCUT2D eigenvalue weighted by molar-refractivity contribution is -0.130. The van der Waals surface area contributed by atoms with Gasteiger partial charge < -0.3 is 19.5 Å². The number of nitrogens with one attached hydrogen (secondary N) is 1. The molecule has 2 unspecified atom stereocenters. The summed E-state index contributed by atoms with van der Waals surface area (Å²) >= 11 is 0. The third-order valence-electron chi connectivity index (χ3n) is 6.20. The topological polar surface area (TPSA) is 67.6 Å². The largest absolute Gasteiger partial charge is 0.377 e. The molecule has 1 saturated carbocycles. The third kappa shape index (κ3) is 4.06. The molecule has 6 nitrogen and oxygen atoms in total. The molecular formula is C19H31N3O3. The van der Waals surface area contributed by atoms with Gasteiger partial charge in [0, 0.05) is 45.3 Å². The maximum atomic E-state index is 11.4. The summed E-state index contributed by atoms with van der Waals surface area (Å²) in [6.07, 6.45) is 4.24. The van der Waals surface area contributed by atoms with Gasteiger partial charge >= 0.3 is 0 Å². The third-order valence-corrected chi connectivity index (χ3v) is 6.20. The van der Waals surface area contributed by atoms with Crippen molar-refractivity contribution in [2.24, 2.45) is 11.3 Å². The van der Waals surface area contributed by atoms with Gasteiger partial charge in [-0.05, 0) is 37.0 Å². The molecule has 2 heterocycles. The molecule has 1 aliphatic heterocycles. The summed E-state index contributed by atoms with van der Waals surface area (Å²) in [7, 11) is 1.66. The van der Waals surface area contributed by atoms with Gasteiger partial charge in [0.2, 0.25) is 5.91 Å². The first-order valence-electron chi connectivity index (χ1n) is 9.35. The van der Waals surface area contributed by atoms with Gasteiger partial charge in [0.25, 0.3) is 0 Å². The predicted octanol–water partition coefficient (Wildman–Crippen LogP) is 2.38. The van der Waals surface area contributed by atoms with Crippen LogP contribution >= 0.6 is 0 Å². The molecule has 1 saturated heterocycles. The number of amides is 1. The summed E-state index contributed by atoms with van der Waals surface area (Å²) < 4.78 is 10.4. The molecular weight excluding hydrogens is 318 g/mol. The van der Waals surface area contributed by atoms with Gasteiger partial charge in [0.05, 0.1) is 5.69 Å². The highest BCUT2D eigenvalue weighted by atomic mass is 16.5. The van der Waals surface area contributed by atoms with Gasteiger partial charge in [-0.25, -0.2) is 0 Å². The highest BCUT2D eigenvalue weighted by molar-refractivity contribution is 5.73. The molecule has 6 heteroatoms. The number of piperidine rings is 1. The second-order valence-electron chi connectivity index (χ2n) is 8.18. The molecule has 0 spiro atoms. The number of carbonyl (C=O) groups is 1. The predicted molar refractivity (Wildman–Crippen MR) is 95.0 cm³/mol. The minimum atomic E-state index is 0.197. The Morgan fingerprint density at radius 2 is 2.16 bits per heavy atom. The van der Waals surface area contributed by atoms with Gasteiger partial charge in [-0.1, -0.05) is 19.0 Å². The maximum Gasteiger partial charge on any atom is 0.219 e. The number of hydrogen-bond donors (Lipinski definition) is 1. The summed E-state index contributed by atoms with van der Waals surface area (Å²) in [5.41, 5.74) is 1.27. The maximum absolute atomic E-state index is 11.4. The number of likely N-dealkylation sites (tertiary alicyclic amines) is 1. The molecule has 140 valence electrons. The Hall–Kier alpha value is -1.40. The number of nitrogens with zero attached hydrogens (tertiary/aromatic N) is 2. The van der Waals surface area contributed by atoms with Crippen LogP contribution < -0.4 is 5.32 Å². The van der Waals surface area contributed by atoms with Crippen molar-refractivity contribution in [3.05, 3.63) is 17.5 Å². The van der Waals surface area contributed by atoms with Crippen molar-refractivity contribution >= 4 is 5.91 Å². The van der Waals surface area contributed by atoms with E-state index < -0.39 is 0 Å². The zero-order chi connectivity index (χ0) is 18.0. The standard InChI is InChI=1S/C19H31N3O3/c1-13(23)22-7-5-15(6-8-22)20-18-10-14(19(18,2)3)9-16-11-17(12-24-4)25-21-16/h11,14-15,18,20H,5-10,12H2,1-4H3. The monoisotopic (exact) mass is 349 g/mol. The van der Waals surface area contributed by atoms with Crippen LogP contribution in [0.3, 0.4) is 0 Å². The summed E-state index contributed by atoms with van der Waals surface area (Å²) in [6.45, 7) is 8.59. The number of carbonyl (C=O) groups excluding carboxylic acids is 1. The first-order valence-corrected chi connectivity index (χ1v) is 9.35.